The van der Waals surface area contributed by atoms with Crippen LogP contribution in [0.15, 0.2) is 6.07 Å². The molecule has 2 heterocycles. The van der Waals surface area contributed by atoms with E-state index >= 15 is 0 Å². The van der Waals surface area contributed by atoms with E-state index in [1.165, 1.54) is 21.8 Å². The molecule has 0 bridgehead atoms. The number of thiophene rings is 1. The van der Waals surface area contributed by atoms with Crippen molar-refractivity contribution < 1.29 is 9.90 Å². The Labute approximate surface area is 80.4 Å². The molecule has 0 spiro atoms. The average molecular weight is 197 g/mol. The van der Waals surface area contributed by atoms with Gasteiger partial charge in [-0.2, -0.15) is 0 Å². The highest BCUT2D eigenvalue weighted by Gasteiger charge is 2.14. The normalized spacial score (nSPS) is 16.3. The fourth-order valence-corrected chi connectivity index (χ4v) is 2.60. The van der Waals surface area contributed by atoms with Crippen molar-refractivity contribution in [3.05, 3.63) is 21.4 Å². The van der Waals surface area contributed by atoms with E-state index in [0.29, 0.717) is 4.88 Å². The summed E-state index contributed by atoms with van der Waals surface area (Å²) in [4.78, 5) is 12.4. The van der Waals surface area contributed by atoms with E-state index < -0.39 is 5.97 Å². The van der Waals surface area contributed by atoms with Crippen LogP contribution in [0, 0.1) is 0 Å². The Morgan fingerprint density at radius 2 is 2.23 bits per heavy atom. The number of carboxylic acids is 1. The number of carboxylic acid groups (broad SMARTS) is 1. The second kappa shape index (κ2) is 3.47. The summed E-state index contributed by atoms with van der Waals surface area (Å²) in [6.07, 6.45) is 1.92. The van der Waals surface area contributed by atoms with Gasteiger partial charge in [0.15, 0.2) is 0 Å². The van der Waals surface area contributed by atoms with Crippen LogP contribution in [-0.4, -0.2) is 24.2 Å². The average Bonchev–Trinajstić information content (AvgIpc) is 2.38. The highest BCUT2D eigenvalue weighted by atomic mass is 32.1. The van der Waals surface area contributed by atoms with Crippen molar-refractivity contribution in [3.63, 3.8) is 0 Å². The molecule has 1 aromatic rings. The number of aromatic carboxylic acids is 1. The molecule has 0 radical (unpaired) electrons. The lowest BCUT2D eigenvalue weighted by Gasteiger charge is -1.94. The van der Waals surface area contributed by atoms with Crippen LogP contribution in [0.1, 0.15) is 20.1 Å². The van der Waals surface area contributed by atoms with Gasteiger partial charge < -0.3 is 10.4 Å². The Morgan fingerprint density at radius 1 is 1.46 bits per heavy atom. The van der Waals surface area contributed by atoms with Crippen molar-refractivity contribution in [2.45, 2.75) is 12.8 Å². The molecule has 13 heavy (non-hydrogen) atoms. The van der Waals surface area contributed by atoms with Crippen LogP contribution in [0.5, 0.6) is 0 Å². The van der Waals surface area contributed by atoms with Crippen LogP contribution >= 0.6 is 11.3 Å². The summed E-state index contributed by atoms with van der Waals surface area (Å²) in [6.45, 7) is 1.93. The summed E-state index contributed by atoms with van der Waals surface area (Å²) in [5, 5.41) is 12.1. The summed E-state index contributed by atoms with van der Waals surface area (Å²) in [7, 11) is 0. The van der Waals surface area contributed by atoms with Crippen molar-refractivity contribution >= 4 is 17.3 Å². The second-order valence-electron chi connectivity index (χ2n) is 3.11. The number of carbonyl (C=O) groups is 1. The van der Waals surface area contributed by atoms with Gasteiger partial charge in [0.1, 0.15) is 4.88 Å². The van der Waals surface area contributed by atoms with Gasteiger partial charge in [-0.3, -0.25) is 0 Å². The Hall–Kier alpha value is -0.870. The number of hydrogen-bond acceptors (Lipinski definition) is 3. The van der Waals surface area contributed by atoms with Crippen molar-refractivity contribution in [1.82, 2.24) is 5.32 Å². The maximum Gasteiger partial charge on any atom is 0.345 e. The number of rotatable bonds is 1. The molecular weight excluding hydrogens is 186 g/mol. The fraction of sp³-hybridized carbons (Fsp3) is 0.444. The highest BCUT2D eigenvalue weighted by molar-refractivity contribution is 7.14. The molecule has 1 aliphatic rings. The zero-order valence-electron chi connectivity index (χ0n) is 7.17. The number of nitrogens with one attached hydrogen (secondary N) is 1. The third kappa shape index (κ3) is 1.73. The van der Waals surface area contributed by atoms with Gasteiger partial charge in [0.25, 0.3) is 0 Å². The summed E-state index contributed by atoms with van der Waals surface area (Å²) >= 11 is 1.42. The molecule has 0 aromatic carbocycles. The highest BCUT2D eigenvalue weighted by Crippen LogP contribution is 2.24. The first-order valence-electron chi connectivity index (χ1n) is 4.33. The predicted molar refractivity (Wildman–Crippen MR) is 51.6 cm³/mol. The molecule has 2 N–H and O–H groups in total. The largest absolute Gasteiger partial charge is 0.477 e. The lowest BCUT2D eigenvalue weighted by molar-refractivity contribution is 0.0702. The molecule has 3 nitrogen and oxygen atoms in total. The number of hydrogen-bond donors (Lipinski definition) is 2. The van der Waals surface area contributed by atoms with Crippen molar-refractivity contribution in [1.29, 1.82) is 0 Å². The van der Waals surface area contributed by atoms with Crippen LogP contribution in [-0.2, 0) is 12.8 Å². The first kappa shape index (κ1) is 8.72. The van der Waals surface area contributed by atoms with E-state index in [4.69, 9.17) is 5.11 Å². The van der Waals surface area contributed by atoms with Gasteiger partial charge >= 0.3 is 5.97 Å². The Balaban J connectivity index is 2.32. The molecule has 0 saturated heterocycles. The van der Waals surface area contributed by atoms with Crippen LogP contribution < -0.4 is 5.32 Å². The van der Waals surface area contributed by atoms with Crippen LogP contribution in [0.4, 0.5) is 0 Å². The Bertz CT molecular complexity index is 309. The van der Waals surface area contributed by atoms with E-state index in [-0.39, 0.29) is 0 Å². The quantitative estimate of drug-likeness (QED) is 0.709. The third-order valence-corrected chi connectivity index (χ3v) is 3.43. The van der Waals surface area contributed by atoms with Crippen LogP contribution in [0.3, 0.4) is 0 Å². The van der Waals surface area contributed by atoms with E-state index in [9.17, 15) is 4.79 Å². The van der Waals surface area contributed by atoms with E-state index in [2.05, 4.69) is 5.32 Å². The second-order valence-corrected chi connectivity index (χ2v) is 4.25. The van der Waals surface area contributed by atoms with Crippen molar-refractivity contribution in [3.8, 4) is 0 Å². The molecule has 0 unspecified atom stereocenters. The van der Waals surface area contributed by atoms with Crippen LogP contribution in [0.25, 0.3) is 0 Å². The molecular formula is C9H11NO2S. The van der Waals surface area contributed by atoms with Gasteiger partial charge in [-0.1, -0.05) is 0 Å². The van der Waals surface area contributed by atoms with Crippen molar-refractivity contribution in [2.24, 2.45) is 0 Å². The minimum absolute atomic E-state index is 0.479. The summed E-state index contributed by atoms with van der Waals surface area (Å²) in [6, 6.07) is 1.81. The molecule has 0 fully saturated rings. The number of fused-ring (bicyclic) bond motifs is 1. The maximum atomic E-state index is 10.7. The van der Waals surface area contributed by atoms with Gasteiger partial charge in [-0.25, -0.2) is 4.79 Å². The first-order valence-corrected chi connectivity index (χ1v) is 5.14. The first-order chi connectivity index (χ1) is 6.27. The van der Waals surface area contributed by atoms with Gasteiger partial charge in [0, 0.05) is 4.88 Å². The predicted octanol–water partition coefficient (Wildman–Crippen LogP) is 1.13. The standard InChI is InChI=1S/C9H11NO2S/c11-9(12)8-5-6-1-3-10-4-2-7(6)13-8/h5,10H,1-4H2,(H,11,12). The third-order valence-electron chi connectivity index (χ3n) is 2.21. The molecule has 4 heteroatoms. The molecule has 70 valence electrons. The van der Waals surface area contributed by atoms with E-state index in [0.717, 1.165) is 25.9 Å². The van der Waals surface area contributed by atoms with E-state index in [1.807, 2.05) is 6.07 Å². The lowest BCUT2D eigenvalue weighted by Crippen LogP contribution is -2.16. The monoisotopic (exact) mass is 197 g/mol. The zero-order chi connectivity index (χ0) is 9.26. The molecule has 2 rings (SSSR count). The topological polar surface area (TPSA) is 49.3 Å². The summed E-state index contributed by atoms with van der Waals surface area (Å²) in [5.74, 6) is -0.800. The molecule has 1 aromatic heterocycles. The van der Waals surface area contributed by atoms with Crippen molar-refractivity contribution in [2.75, 3.05) is 13.1 Å². The fourth-order valence-electron chi connectivity index (χ4n) is 1.55. The SMILES string of the molecule is O=C(O)c1cc2c(s1)CCNCC2. The molecule has 0 aliphatic carbocycles. The lowest BCUT2D eigenvalue weighted by atomic mass is 10.1. The summed E-state index contributed by atoms with van der Waals surface area (Å²) < 4.78 is 0. The zero-order valence-corrected chi connectivity index (χ0v) is 7.99. The molecule has 0 saturated carbocycles. The van der Waals surface area contributed by atoms with Gasteiger partial charge in [-0.15, -0.1) is 11.3 Å². The minimum atomic E-state index is -0.800. The van der Waals surface area contributed by atoms with E-state index in [1.54, 1.807) is 0 Å². The van der Waals surface area contributed by atoms with Gasteiger partial charge in [0.05, 0.1) is 0 Å². The molecule has 0 amide bonds. The Morgan fingerprint density at radius 3 is 3.00 bits per heavy atom. The Kier molecular flexibility index (Phi) is 2.33. The minimum Gasteiger partial charge on any atom is -0.477 e. The smallest absolute Gasteiger partial charge is 0.345 e. The van der Waals surface area contributed by atoms with Gasteiger partial charge in [0.2, 0.25) is 0 Å². The van der Waals surface area contributed by atoms with Crippen LogP contribution in [0.2, 0.25) is 0 Å². The van der Waals surface area contributed by atoms with Gasteiger partial charge in [-0.05, 0) is 37.6 Å². The summed E-state index contributed by atoms with van der Waals surface area (Å²) in [5.41, 5.74) is 1.22. The molecule has 0 atom stereocenters. The maximum absolute atomic E-state index is 10.7. The molecule has 1 aliphatic heterocycles.